The average molecular weight is 291 g/mol. The lowest BCUT2D eigenvalue weighted by Gasteiger charge is -2.39. The molecule has 1 aliphatic rings. The van der Waals surface area contributed by atoms with Gasteiger partial charge in [0.1, 0.15) is 5.82 Å². The van der Waals surface area contributed by atoms with Gasteiger partial charge in [0.05, 0.1) is 21.1 Å². The summed E-state index contributed by atoms with van der Waals surface area (Å²) in [5.41, 5.74) is 5.35. The molecule has 1 aliphatic carbocycles. The van der Waals surface area contributed by atoms with E-state index >= 15 is 0 Å². The highest BCUT2D eigenvalue weighted by atomic mass is 35.5. The predicted octanol–water partition coefficient (Wildman–Crippen LogP) is 3.20. The second-order valence-electron chi connectivity index (χ2n) is 4.54. The predicted molar refractivity (Wildman–Crippen MR) is 70.4 cm³/mol. The van der Waals surface area contributed by atoms with E-state index < -0.39 is 11.2 Å². The molecule has 2 rings (SSSR count). The molecule has 6 heteroatoms. The molecule has 1 amide bonds. The summed E-state index contributed by atoms with van der Waals surface area (Å²) >= 11 is 11.7. The molecule has 0 bridgehead atoms. The van der Waals surface area contributed by atoms with E-state index in [1.807, 2.05) is 0 Å². The first-order valence-electron chi connectivity index (χ1n) is 5.64. The first-order chi connectivity index (χ1) is 8.48. The molecule has 1 fully saturated rings. The molecule has 0 aromatic heterocycles. The van der Waals surface area contributed by atoms with Crippen molar-refractivity contribution in [1.82, 2.24) is 0 Å². The molecule has 1 aromatic carbocycles. The van der Waals surface area contributed by atoms with Crippen LogP contribution in [0.3, 0.4) is 0 Å². The Morgan fingerprint density at radius 3 is 2.33 bits per heavy atom. The van der Waals surface area contributed by atoms with Crippen molar-refractivity contribution < 1.29 is 9.18 Å². The van der Waals surface area contributed by atoms with E-state index in [-0.39, 0.29) is 28.2 Å². The number of rotatable bonds is 3. The molecular weight excluding hydrogens is 278 g/mol. The molecule has 0 aliphatic heterocycles. The van der Waals surface area contributed by atoms with Crippen LogP contribution in [0.1, 0.15) is 19.3 Å². The fourth-order valence-corrected chi connectivity index (χ4v) is 2.59. The van der Waals surface area contributed by atoms with Gasteiger partial charge in [0, 0.05) is 6.54 Å². The fourth-order valence-electron chi connectivity index (χ4n) is 2.04. The molecular formula is C12H13Cl2FN2O. The van der Waals surface area contributed by atoms with Gasteiger partial charge in [0.15, 0.2) is 0 Å². The molecule has 0 spiro atoms. The first kappa shape index (κ1) is 13.6. The number of nitrogens with one attached hydrogen (secondary N) is 1. The number of carbonyl (C=O) groups is 1. The average Bonchev–Trinajstić information content (AvgIpc) is 2.22. The summed E-state index contributed by atoms with van der Waals surface area (Å²) in [6, 6.07) is 2.22. The van der Waals surface area contributed by atoms with Crippen LogP contribution in [0.25, 0.3) is 0 Å². The first-order valence-corrected chi connectivity index (χ1v) is 6.40. The summed E-state index contributed by atoms with van der Waals surface area (Å²) in [7, 11) is 0. The number of hydrogen-bond acceptors (Lipinski definition) is 2. The maximum atomic E-state index is 13.0. The van der Waals surface area contributed by atoms with Crippen molar-refractivity contribution >= 4 is 34.8 Å². The Morgan fingerprint density at radius 1 is 1.39 bits per heavy atom. The Labute approximate surface area is 114 Å². The number of carbonyl (C=O) groups excluding carboxylic acids is 1. The smallest absolute Gasteiger partial charge is 0.231 e. The van der Waals surface area contributed by atoms with Gasteiger partial charge in [-0.25, -0.2) is 4.39 Å². The molecule has 0 unspecified atom stereocenters. The number of halogens is 3. The van der Waals surface area contributed by atoms with Crippen LogP contribution in [0.4, 0.5) is 10.1 Å². The molecule has 98 valence electrons. The SMILES string of the molecule is NCC1(C(=O)Nc2c(Cl)cc(F)cc2Cl)CCC1. The summed E-state index contributed by atoms with van der Waals surface area (Å²) in [6.07, 6.45) is 2.49. The van der Waals surface area contributed by atoms with Gasteiger partial charge in [-0.15, -0.1) is 0 Å². The van der Waals surface area contributed by atoms with E-state index in [0.717, 1.165) is 31.4 Å². The van der Waals surface area contributed by atoms with Gasteiger partial charge in [0.2, 0.25) is 5.91 Å². The Morgan fingerprint density at radius 2 is 1.94 bits per heavy atom. The van der Waals surface area contributed by atoms with Gasteiger partial charge in [0.25, 0.3) is 0 Å². The second-order valence-corrected chi connectivity index (χ2v) is 5.35. The summed E-state index contributed by atoms with van der Waals surface area (Å²) in [5, 5.41) is 2.82. The van der Waals surface area contributed by atoms with Gasteiger partial charge in [-0.05, 0) is 25.0 Å². The molecule has 0 radical (unpaired) electrons. The quantitative estimate of drug-likeness (QED) is 0.898. The molecule has 0 heterocycles. The van der Waals surface area contributed by atoms with Crippen LogP contribution in [-0.2, 0) is 4.79 Å². The molecule has 18 heavy (non-hydrogen) atoms. The highest BCUT2D eigenvalue weighted by Crippen LogP contribution is 2.42. The number of anilines is 1. The van der Waals surface area contributed by atoms with Crippen LogP contribution in [0, 0.1) is 11.2 Å². The second kappa shape index (κ2) is 5.03. The number of amides is 1. The van der Waals surface area contributed by atoms with Crippen molar-refractivity contribution in [1.29, 1.82) is 0 Å². The zero-order valence-electron chi connectivity index (χ0n) is 9.60. The zero-order valence-corrected chi connectivity index (χ0v) is 11.1. The van der Waals surface area contributed by atoms with Gasteiger partial charge in [-0.3, -0.25) is 4.79 Å². The minimum Gasteiger partial charge on any atom is -0.329 e. The monoisotopic (exact) mass is 290 g/mol. The van der Waals surface area contributed by atoms with Crippen molar-refractivity contribution in [2.45, 2.75) is 19.3 Å². The maximum Gasteiger partial charge on any atom is 0.231 e. The Balaban J connectivity index is 2.22. The molecule has 0 atom stereocenters. The fraction of sp³-hybridized carbons (Fsp3) is 0.417. The number of hydrogen-bond donors (Lipinski definition) is 2. The third-order valence-electron chi connectivity index (χ3n) is 3.43. The van der Waals surface area contributed by atoms with E-state index in [0.29, 0.717) is 0 Å². The molecule has 0 saturated heterocycles. The summed E-state index contributed by atoms with van der Waals surface area (Å²) < 4.78 is 13.0. The van der Waals surface area contributed by atoms with Gasteiger partial charge in [-0.2, -0.15) is 0 Å². The molecule has 3 nitrogen and oxygen atoms in total. The molecule has 1 saturated carbocycles. The van der Waals surface area contributed by atoms with Crippen LogP contribution in [0.15, 0.2) is 12.1 Å². The van der Waals surface area contributed by atoms with E-state index in [1.165, 1.54) is 0 Å². The largest absolute Gasteiger partial charge is 0.329 e. The summed E-state index contributed by atoms with van der Waals surface area (Å²) in [6.45, 7) is 0.287. The van der Waals surface area contributed by atoms with E-state index in [2.05, 4.69) is 5.32 Å². The van der Waals surface area contributed by atoms with Crippen molar-refractivity contribution in [3.63, 3.8) is 0 Å². The minimum atomic E-state index is -0.541. The highest BCUT2D eigenvalue weighted by molar-refractivity contribution is 6.39. The van der Waals surface area contributed by atoms with Crippen LogP contribution >= 0.6 is 23.2 Å². The highest BCUT2D eigenvalue weighted by Gasteiger charge is 2.43. The Hall–Kier alpha value is -0.840. The lowest BCUT2D eigenvalue weighted by molar-refractivity contribution is -0.129. The Kier molecular flexibility index (Phi) is 3.80. The summed E-state index contributed by atoms with van der Waals surface area (Å²) in [5.74, 6) is -0.744. The normalized spacial score (nSPS) is 17.1. The lowest BCUT2D eigenvalue weighted by Crippen LogP contribution is -2.47. The standard InChI is InChI=1S/C12H13Cl2FN2O/c13-8-4-7(15)5-9(14)10(8)17-11(18)12(6-16)2-1-3-12/h4-5H,1-3,6,16H2,(H,17,18). The van der Waals surface area contributed by atoms with Crippen molar-refractivity contribution in [3.8, 4) is 0 Å². The minimum absolute atomic E-state index is 0.0832. The van der Waals surface area contributed by atoms with Crippen LogP contribution in [0.2, 0.25) is 10.0 Å². The lowest BCUT2D eigenvalue weighted by atomic mass is 9.68. The van der Waals surface area contributed by atoms with Gasteiger partial charge < -0.3 is 11.1 Å². The van der Waals surface area contributed by atoms with E-state index in [4.69, 9.17) is 28.9 Å². The number of nitrogens with two attached hydrogens (primary N) is 1. The topological polar surface area (TPSA) is 55.1 Å². The van der Waals surface area contributed by atoms with E-state index in [9.17, 15) is 9.18 Å². The van der Waals surface area contributed by atoms with Crippen LogP contribution in [-0.4, -0.2) is 12.5 Å². The van der Waals surface area contributed by atoms with Crippen molar-refractivity contribution in [2.75, 3.05) is 11.9 Å². The van der Waals surface area contributed by atoms with Crippen molar-refractivity contribution in [2.24, 2.45) is 11.1 Å². The molecule has 1 aromatic rings. The van der Waals surface area contributed by atoms with Crippen LogP contribution in [0.5, 0.6) is 0 Å². The third kappa shape index (κ3) is 2.32. The van der Waals surface area contributed by atoms with E-state index in [1.54, 1.807) is 0 Å². The third-order valence-corrected chi connectivity index (χ3v) is 4.02. The molecule has 3 N–H and O–H groups in total. The Bertz CT molecular complexity index is 460. The van der Waals surface area contributed by atoms with Gasteiger partial charge in [-0.1, -0.05) is 29.6 Å². The van der Waals surface area contributed by atoms with Crippen molar-refractivity contribution in [3.05, 3.63) is 28.0 Å². The summed E-state index contributed by atoms with van der Waals surface area (Å²) in [4.78, 5) is 12.1. The maximum absolute atomic E-state index is 13.0. The number of benzene rings is 1. The van der Waals surface area contributed by atoms with Crippen LogP contribution < -0.4 is 11.1 Å². The zero-order chi connectivity index (χ0) is 13.3. The van der Waals surface area contributed by atoms with Gasteiger partial charge >= 0.3 is 0 Å².